The Morgan fingerprint density at radius 1 is 1.00 bits per heavy atom. The molecule has 0 unspecified atom stereocenters. The van der Waals surface area contributed by atoms with Gasteiger partial charge in [-0.3, -0.25) is 0 Å². The quantitative estimate of drug-likeness (QED) is 0.769. The van der Waals surface area contributed by atoms with Gasteiger partial charge in [0.25, 0.3) is 0 Å². The molecule has 0 amide bonds. The molecule has 0 aliphatic heterocycles. The summed E-state index contributed by atoms with van der Waals surface area (Å²) in [5, 5.41) is 0.298. The Bertz CT molecular complexity index is 592. The highest BCUT2D eigenvalue weighted by Crippen LogP contribution is 2.39. The fraction of sp³-hybridized carbons (Fsp3) is 0.231. The first kappa shape index (κ1) is 11.5. The van der Waals surface area contributed by atoms with Crippen LogP contribution in [0, 0.1) is 11.6 Å². The van der Waals surface area contributed by atoms with Crippen molar-refractivity contribution in [3.63, 3.8) is 0 Å². The van der Waals surface area contributed by atoms with E-state index in [-0.39, 0.29) is 0 Å². The predicted molar refractivity (Wildman–Crippen MR) is 64.4 cm³/mol. The first-order valence-electron chi connectivity index (χ1n) is 5.63. The molecule has 0 saturated heterocycles. The SMILES string of the molecule is Fc1cc(F)cc(-c2cc(Cl)nc(C3CC3)n2)c1. The number of rotatable bonds is 2. The van der Waals surface area contributed by atoms with E-state index in [2.05, 4.69) is 9.97 Å². The van der Waals surface area contributed by atoms with E-state index in [0.717, 1.165) is 18.9 Å². The van der Waals surface area contributed by atoms with Gasteiger partial charge in [0.2, 0.25) is 0 Å². The zero-order chi connectivity index (χ0) is 12.7. The summed E-state index contributed by atoms with van der Waals surface area (Å²) in [5.41, 5.74) is 0.828. The van der Waals surface area contributed by atoms with Gasteiger partial charge in [0.1, 0.15) is 22.6 Å². The van der Waals surface area contributed by atoms with E-state index < -0.39 is 11.6 Å². The first-order valence-corrected chi connectivity index (χ1v) is 6.00. The van der Waals surface area contributed by atoms with E-state index in [1.165, 1.54) is 18.2 Å². The fourth-order valence-corrected chi connectivity index (χ4v) is 2.00. The van der Waals surface area contributed by atoms with Gasteiger partial charge in [-0.15, -0.1) is 0 Å². The molecular formula is C13H9ClF2N2. The highest BCUT2D eigenvalue weighted by atomic mass is 35.5. The van der Waals surface area contributed by atoms with E-state index in [1.807, 2.05) is 0 Å². The third-order valence-electron chi connectivity index (χ3n) is 2.81. The summed E-state index contributed by atoms with van der Waals surface area (Å²) in [5.74, 6) is -0.275. The maximum Gasteiger partial charge on any atom is 0.133 e. The Morgan fingerprint density at radius 3 is 2.28 bits per heavy atom. The van der Waals surface area contributed by atoms with Crippen LogP contribution in [0.25, 0.3) is 11.3 Å². The summed E-state index contributed by atoms with van der Waals surface area (Å²) in [6, 6.07) is 4.81. The van der Waals surface area contributed by atoms with Gasteiger partial charge in [0.15, 0.2) is 0 Å². The first-order chi connectivity index (χ1) is 8.61. The summed E-state index contributed by atoms with van der Waals surface area (Å²) in [7, 11) is 0. The summed E-state index contributed by atoms with van der Waals surface area (Å²) >= 11 is 5.91. The van der Waals surface area contributed by atoms with Crippen LogP contribution in [0.4, 0.5) is 8.78 Å². The third kappa shape index (κ3) is 2.34. The van der Waals surface area contributed by atoms with E-state index in [9.17, 15) is 8.78 Å². The van der Waals surface area contributed by atoms with Gasteiger partial charge in [-0.2, -0.15) is 0 Å². The maximum atomic E-state index is 13.2. The average molecular weight is 267 g/mol. The monoisotopic (exact) mass is 266 g/mol. The molecular weight excluding hydrogens is 258 g/mol. The van der Waals surface area contributed by atoms with E-state index in [0.29, 0.717) is 28.2 Å². The molecule has 0 atom stereocenters. The average Bonchev–Trinajstić information content (AvgIpc) is 3.10. The molecule has 18 heavy (non-hydrogen) atoms. The Balaban J connectivity index is 2.09. The second-order valence-corrected chi connectivity index (χ2v) is 4.75. The lowest BCUT2D eigenvalue weighted by atomic mass is 10.1. The lowest BCUT2D eigenvalue weighted by molar-refractivity contribution is 0.584. The lowest BCUT2D eigenvalue weighted by Crippen LogP contribution is -1.96. The Labute approximate surface area is 108 Å². The summed E-state index contributed by atoms with van der Waals surface area (Å²) in [6.07, 6.45) is 2.08. The van der Waals surface area contributed by atoms with Crippen molar-refractivity contribution in [1.29, 1.82) is 0 Å². The van der Waals surface area contributed by atoms with Crippen molar-refractivity contribution < 1.29 is 8.78 Å². The normalized spacial score (nSPS) is 14.8. The van der Waals surface area contributed by atoms with Gasteiger partial charge in [-0.1, -0.05) is 11.6 Å². The van der Waals surface area contributed by atoms with Crippen LogP contribution in [-0.4, -0.2) is 9.97 Å². The number of aromatic nitrogens is 2. The van der Waals surface area contributed by atoms with Crippen molar-refractivity contribution >= 4 is 11.6 Å². The molecule has 1 aliphatic carbocycles. The van der Waals surface area contributed by atoms with Gasteiger partial charge >= 0.3 is 0 Å². The highest BCUT2D eigenvalue weighted by molar-refractivity contribution is 6.29. The molecule has 0 spiro atoms. The summed E-state index contributed by atoms with van der Waals surface area (Å²) in [4.78, 5) is 8.45. The van der Waals surface area contributed by atoms with Crippen LogP contribution >= 0.6 is 11.6 Å². The zero-order valence-corrected chi connectivity index (χ0v) is 10.1. The predicted octanol–water partition coefficient (Wildman–Crippen LogP) is 3.95. The maximum absolute atomic E-state index is 13.2. The third-order valence-corrected chi connectivity index (χ3v) is 3.01. The standard InChI is InChI=1S/C13H9ClF2N2/c14-12-6-11(17-13(18-12)7-1-2-7)8-3-9(15)5-10(16)4-8/h3-7H,1-2H2. The van der Waals surface area contributed by atoms with Crippen LogP contribution in [0.3, 0.4) is 0 Å². The Hall–Kier alpha value is -1.55. The van der Waals surface area contributed by atoms with Crippen molar-refractivity contribution in [3.8, 4) is 11.3 Å². The fourth-order valence-electron chi connectivity index (χ4n) is 1.81. The van der Waals surface area contributed by atoms with E-state index in [1.54, 1.807) is 0 Å². The molecule has 3 rings (SSSR count). The van der Waals surface area contributed by atoms with Crippen LogP contribution in [0.15, 0.2) is 24.3 Å². The van der Waals surface area contributed by atoms with Crippen LogP contribution in [0.2, 0.25) is 5.15 Å². The molecule has 1 aliphatic rings. The highest BCUT2D eigenvalue weighted by Gasteiger charge is 2.27. The number of benzene rings is 1. The van der Waals surface area contributed by atoms with Crippen LogP contribution in [0.1, 0.15) is 24.6 Å². The minimum Gasteiger partial charge on any atom is -0.232 e. The molecule has 2 nitrogen and oxygen atoms in total. The van der Waals surface area contributed by atoms with Gasteiger partial charge in [-0.05, 0) is 25.0 Å². The van der Waals surface area contributed by atoms with Crippen LogP contribution in [0.5, 0.6) is 0 Å². The molecule has 1 aromatic heterocycles. The Morgan fingerprint density at radius 2 is 1.67 bits per heavy atom. The number of nitrogens with zero attached hydrogens (tertiary/aromatic N) is 2. The number of hydrogen-bond donors (Lipinski definition) is 0. The number of halogens is 3. The smallest absolute Gasteiger partial charge is 0.133 e. The van der Waals surface area contributed by atoms with Crippen molar-refractivity contribution in [1.82, 2.24) is 9.97 Å². The Kier molecular flexibility index (Phi) is 2.74. The van der Waals surface area contributed by atoms with Crippen LogP contribution in [-0.2, 0) is 0 Å². The minimum atomic E-state index is -0.632. The van der Waals surface area contributed by atoms with Crippen molar-refractivity contribution in [2.24, 2.45) is 0 Å². The van der Waals surface area contributed by atoms with Gasteiger partial charge in [-0.25, -0.2) is 18.7 Å². The zero-order valence-electron chi connectivity index (χ0n) is 9.33. The number of hydrogen-bond acceptors (Lipinski definition) is 2. The molecule has 1 fully saturated rings. The lowest BCUT2D eigenvalue weighted by Gasteiger charge is -2.05. The molecule has 5 heteroatoms. The molecule has 1 saturated carbocycles. The van der Waals surface area contributed by atoms with Gasteiger partial charge in [0, 0.05) is 23.6 Å². The van der Waals surface area contributed by atoms with Crippen LogP contribution < -0.4 is 0 Å². The molecule has 0 bridgehead atoms. The summed E-state index contributed by atoms with van der Waals surface area (Å²) < 4.78 is 26.3. The second-order valence-electron chi connectivity index (χ2n) is 4.37. The summed E-state index contributed by atoms with van der Waals surface area (Å²) in [6.45, 7) is 0. The van der Waals surface area contributed by atoms with Crippen molar-refractivity contribution in [3.05, 3.63) is 46.9 Å². The van der Waals surface area contributed by atoms with E-state index >= 15 is 0 Å². The molecule has 0 radical (unpaired) electrons. The molecule has 1 aromatic carbocycles. The van der Waals surface area contributed by atoms with E-state index in [4.69, 9.17) is 11.6 Å². The van der Waals surface area contributed by atoms with Crippen molar-refractivity contribution in [2.45, 2.75) is 18.8 Å². The topological polar surface area (TPSA) is 25.8 Å². The molecule has 1 heterocycles. The molecule has 92 valence electrons. The van der Waals surface area contributed by atoms with Crippen molar-refractivity contribution in [2.75, 3.05) is 0 Å². The molecule has 0 N–H and O–H groups in total. The van der Waals surface area contributed by atoms with Gasteiger partial charge in [0.05, 0.1) is 5.69 Å². The molecule has 2 aromatic rings. The second kappa shape index (κ2) is 4.28. The minimum absolute atomic E-state index is 0.298. The largest absolute Gasteiger partial charge is 0.232 e. The van der Waals surface area contributed by atoms with Gasteiger partial charge < -0.3 is 0 Å².